The van der Waals surface area contributed by atoms with Gasteiger partial charge in [-0.1, -0.05) is 44.0 Å². The summed E-state index contributed by atoms with van der Waals surface area (Å²) in [6, 6.07) is 7.56. The van der Waals surface area contributed by atoms with Crippen LogP contribution in [0.5, 0.6) is 0 Å². The Morgan fingerprint density at radius 2 is 1.81 bits per heavy atom. The van der Waals surface area contributed by atoms with Crippen molar-refractivity contribution in [3.63, 3.8) is 0 Å². The van der Waals surface area contributed by atoms with Gasteiger partial charge in [0.05, 0.1) is 21.7 Å². The van der Waals surface area contributed by atoms with Gasteiger partial charge in [0.25, 0.3) is 5.91 Å². The SMILES string of the molecule is CC(C)(C)c1nc2c(C(=O)O)cc(NC(=O)c3cc(Cl)ccc3Cl)cc2[nH]1. The number of carboxylic acids is 1. The van der Waals surface area contributed by atoms with Crippen molar-refractivity contribution in [2.75, 3.05) is 5.32 Å². The zero-order valence-corrected chi connectivity index (χ0v) is 16.4. The number of carbonyl (C=O) groups is 2. The van der Waals surface area contributed by atoms with Crippen molar-refractivity contribution >= 4 is 51.8 Å². The third-order valence-corrected chi connectivity index (χ3v) is 4.52. The number of amides is 1. The fourth-order valence-corrected chi connectivity index (χ4v) is 2.95. The predicted molar refractivity (Wildman–Crippen MR) is 106 cm³/mol. The van der Waals surface area contributed by atoms with E-state index in [1.54, 1.807) is 12.1 Å². The molecule has 0 saturated carbocycles. The number of benzene rings is 2. The maximum Gasteiger partial charge on any atom is 0.338 e. The number of carboxylic acid groups (broad SMARTS) is 1. The molecule has 0 atom stereocenters. The Morgan fingerprint density at radius 1 is 1.11 bits per heavy atom. The van der Waals surface area contributed by atoms with Gasteiger partial charge >= 0.3 is 5.97 Å². The Kier molecular flexibility index (Phi) is 4.88. The zero-order valence-electron chi connectivity index (χ0n) is 14.9. The first-order chi connectivity index (χ1) is 12.6. The van der Waals surface area contributed by atoms with Gasteiger partial charge in [0.1, 0.15) is 11.3 Å². The van der Waals surface area contributed by atoms with Crippen LogP contribution in [-0.4, -0.2) is 27.0 Å². The summed E-state index contributed by atoms with van der Waals surface area (Å²) in [5.74, 6) is -0.973. The van der Waals surface area contributed by atoms with E-state index in [2.05, 4.69) is 15.3 Å². The molecule has 2 aromatic carbocycles. The van der Waals surface area contributed by atoms with Crippen molar-refractivity contribution in [3.05, 3.63) is 57.3 Å². The van der Waals surface area contributed by atoms with Crippen LogP contribution >= 0.6 is 23.2 Å². The van der Waals surface area contributed by atoms with Crippen LogP contribution in [0.15, 0.2) is 30.3 Å². The van der Waals surface area contributed by atoms with Crippen molar-refractivity contribution in [3.8, 4) is 0 Å². The van der Waals surface area contributed by atoms with Crippen molar-refractivity contribution in [2.24, 2.45) is 0 Å². The molecule has 1 heterocycles. The number of aromatic carboxylic acids is 1. The Morgan fingerprint density at radius 3 is 2.44 bits per heavy atom. The van der Waals surface area contributed by atoms with E-state index in [4.69, 9.17) is 23.2 Å². The van der Waals surface area contributed by atoms with E-state index < -0.39 is 11.9 Å². The van der Waals surface area contributed by atoms with Crippen LogP contribution in [0.1, 0.15) is 47.3 Å². The van der Waals surface area contributed by atoms with E-state index in [-0.39, 0.29) is 21.6 Å². The highest BCUT2D eigenvalue weighted by molar-refractivity contribution is 6.36. The third-order valence-electron chi connectivity index (χ3n) is 3.96. The maximum absolute atomic E-state index is 12.5. The van der Waals surface area contributed by atoms with E-state index in [0.717, 1.165) is 0 Å². The second-order valence-corrected chi connectivity index (χ2v) is 7.98. The number of fused-ring (bicyclic) bond motifs is 1. The lowest BCUT2D eigenvalue weighted by molar-refractivity contribution is 0.0698. The number of rotatable bonds is 3. The quantitative estimate of drug-likeness (QED) is 0.563. The summed E-state index contributed by atoms with van der Waals surface area (Å²) in [6.45, 7) is 5.90. The summed E-state index contributed by atoms with van der Waals surface area (Å²) in [7, 11) is 0. The summed E-state index contributed by atoms with van der Waals surface area (Å²) < 4.78 is 0. The summed E-state index contributed by atoms with van der Waals surface area (Å²) in [5.41, 5.74) is 1.07. The lowest BCUT2D eigenvalue weighted by Gasteiger charge is -2.13. The summed E-state index contributed by atoms with van der Waals surface area (Å²) in [6.07, 6.45) is 0. The first-order valence-corrected chi connectivity index (χ1v) is 8.86. The monoisotopic (exact) mass is 405 g/mol. The van der Waals surface area contributed by atoms with Gasteiger partial charge in [-0.2, -0.15) is 0 Å². The Hall–Kier alpha value is -2.57. The number of aromatic amines is 1. The molecule has 0 saturated heterocycles. The first kappa shape index (κ1) is 19.2. The lowest BCUT2D eigenvalue weighted by atomic mass is 9.96. The number of hydrogen-bond donors (Lipinski definition) is 3. The normalized spacial score (nSPS) is 11.6. The average Bonchev–Trinajstić information content (AvgIpc) is 3.00. The molecule has 0 radical (unpaired) electrons. The molecule has 0 spiro atoms. The number of anilines is 1. The molecule has 1 aromatic heterocycles. The maximum atomic E-state index is 12.5. The molecule has 140 valence electrons. The van der Waals surface area contributed by atoms with Crippen LogP contribution < -0.4 is 5.32 Å². The highest BCUT2D eigenvalue weighted by Gasteiger charge is 2.22. The molecule has 27 heavy (non-hydrogen) atoms. The van der Waals surface area contributed by atoms with Crippen molar-refractivity contribution in [1.29, 1.82) is 0 Å². The molecule has 3 N–H and O–H groups in total. The third kappa shape index (κ3) is 3.91. The minimum atomic E-state index is -1.14. The molecule has 0 aliphatic rings. The van der Waals surface area contributed by atoms with Crippen LogP contribution in [0.3, 0.4) is 0 Å². The molecule has 3 rings (SSSR count). The second-order valence-electron chi connectivity index (χ2n) is 7.14. The van der Waals surface area contributed by atoms with Crippen molar-refractivity contribution < 1.29 is 14.7 Å². The zero-order chi connectivity index (χ0) is 19.9. The smallest absolute Gasteiger partial charge is 0.338 e. The van der Waals surface area contributed by atoms with Crippen LogP contribution in [0.2, 0.25) is 10.0 Å². The van der Waals surface area contributed by atoms with Crippen LogP contribution in [0, 0.1) is 0 Å². The van der Waals surface area contributed by atoms with Crippen LogP contribution in [0.25, 0.3) is 11.0 Å². The fraction of sp³-hybridized carbons (Fsp3) is 0.211. The number of hydrogen-bond acceptors (Lipinski definition) is 3. The number of H-pyrrole nitrogens is 1. The Balaban J connectivity index is 2.05. The van der Waals surface area contributed by atoms with Crippen molar-refractivity contribution in [2.45, 2.75) is 26.2 Å². The highest BCUT2D eigenvalue weighted by Crippen LogP contribution is 2.28. The fourth-order valence-electron chi connectivity index (χ4n) is 2.58. The van der Waals surface area contributed by atoms with Gasteiger partial charge in [-0.3, -0.25) is 4.79 Å². The lowest BCUT2D eigenvalue weighted by Crippen LogP contribution is -2.13. The molecule has 0 bridgehead atoms. The molecule has 0 fully saturated rings. The van der Waals surface area contributed by atoms with E-state index in [1.807, 2.05) is 20.8 Å². The largest absolute Gasteiger partial charge is 0.478 e. The number of nitrogens with zero attached hydrogens (tertiary/aromatic N) is 1. The van der Waals surface area contributed by atoms with Crippen LogP contribution in [0.4, 0.5) is 5.69 Å². The van der Waals surface area contributed by atoms with E-state index in [1.165, 1.54) is 18.2 Å². The van der Waals surface area contributed by atoms with Gasteiger partial charge in [0.2, 0.25) is 0 Å². The molecule has 0 unspecified atom stereocenters. The average molecular weight is 406 g/mol. The molecule has 0 aliphatic heterocycles. The number of aromatic nitrogens is 2. The summed E-state index contributed by atoms with van der Waals surface area (Å²) in [5, 5.41) is 12.8. The van der Waals surface area contributed by atoms with E-state index in [0.29, 0.717) is 27.6 Å². The number of nitrogens with one attached hydrogen (secondary N) is 2. The van der Waals surface area contributed by atoms with E-state index in [9.17, 15) is 14.7 Å². The Labute approximate surface area is 165 Å². The number of carbonyl (C=O) groups excluding carboxylic acids is 1. The molecule has 0 aliphatic carbocycles. The van der Waals surface area contributed by atoms with Gasteiger partial charge in [-0.25, -0.2) is 9.78 Å². The van der Waals surface area contributed by atoms with Crippen molar-refractivity contribution in [1.82, 2.24) is 9.97 Å². The Bertz CT molecular complexity index is 1070. The molecule has 3 aromatic rings. The molecule has 1 amide bonds. The molecular weight excluding hydrogens is 389 g/mol. The van der Waals surface area contributed by atoms with Gasteiger partial charge in [-0.15, -0.1) is 0 Å². The topological polar surface area (TPSA) is 95.1 Å². The molecular formula is C19H17Cl2N3O3. The minimum absolute atomic E-state index is 0.00765. The molecule has 8 heteroatoms. The highest BCUT2D eigenvalue weighted by atomic mass is 35.5. The second kappa shape index (κ2) is 6.87. The van der Waals surface area contributed by atoms with E-state index >= 15 is 0 Å². The summed E-state index contributed by atoms with van der Waals surface area (Å²) in [4.78, 5) is 31.8. The van der Waals surface area contributed by atoms with Gasteiger partial charge in [0, 0.05) is 16.1 Å². The summed E-state index contributed by atoms with van der Waals surface area (Å²) >= 11 is 12.0. The minimum Gasteiger partial charge on any atom is -0.478 e. The first-order valence-electron chi connectivity index (χ1n) is 8.10. The van der Waals surface area contributed by atoms with Gasteiger partial charge < -0.3 is 15.4 Å². The van der Waals surface area contributed by atoms with Gasteiger partial charge in [-0.05, 0) is 30.3 Å². The predicted octanol–water partition coefficient (Wildman–Crippen LogP) is 5.12. The standard InChI is InChI=1S/C19H17Cl2N3O3/c1-19(2,3)18-23-14-8-10(7-12(17(26)27)15(14)24-18)22-16(25)11-6-9(20)4-5-13(11)21/h4-8H,1-3H3,(H,22,25)(H,23,24)(H,26,27). The number of halogens is 2. The molecule has 6 nitrogen and oxygen atoms in total. The van der Waals surface area contributed by atoms with Crippen LogP contribution in [-0.2, 0) is 5.41 Å². The van der Waals surface area contributed by atoms with Gasteiger partial charge in [0.15, 0.2) is 0 Å². The number of imidazole rings is 1.